The van der Waals surface area contributed by atoms with Crippen LogP contribution in [0.15, 0.2) is 83.8 Å². The predicted molar refractivity (Wildman–Crippen MR) is 104 cm³/mol. The minimum atomic E-state index is -0.897. The zero-order valence-electron chi connectivity index (χ0n) is 13.8. The molecule has 2 aliphatic heterocycles. The molecule has 0 N–H and O–H groups in total. The van der Waals surface area contributed by atoms with Crippen LogP contribution in [-0.2, 0) is 4.74 Å². The number of thioether (sulfide) groups is 1. The van der Waals surface area contributed by atoms with Crippen molar-refractivity contribution in [2.24, 2.45) is 0 Å². The number of carbonyl (C=O) groups excluding carboxylic acids is 1. The fourth-order valence-corrected chi connectivity index (χ4v) is 5.45. The second kappa shape index (κ2) is 5.98. The molecule has 0 amide bonds. The highest BCUT2D eigenvalue weighted by Gasteiger charge is 2.70. The number of rotatable bonds is 2. The average molecular weight is 379 g/mol. The van der Waals surface area contributed by atoms with E-state index in [1.165, 1.54) is 0 Å². The Hall–Kier alpha value is -2.07. The summed E-state index contributed by atoms with van der Waals surface area (Å²) in [5.74, 6) is 0.0469. The summed E-state index contributed by atoms with van der Waals surface area (Å²) in [6.45, 7) is 0. The number of fused-ring (bicyclic) bond motifs is 1. The van der Waals surface area contributed by atoms with Crippen molar-refractivity contribution < 1.29 is 9.53 Å². The van der Waals surface area contributed by atoms with Gasteiger partial charge in [-0.05, 0) is 17.7 Å². The molecule has 1 fully saturated rings. The molecule has 1 spiro atoms. The van der Waals surface area contributed by atoms with E-state index in [4.69, 9.17) is 16.3 Å². The Morgan fingerprint density at radius 2 is 1.58 bits per heavy atom. The molecule has 0 aliphatic carbocycles. The van der Waals surface area contributed by atoms with Gasteiger partial charge in [0, 0.05) is 21.0 Å². The Balaban J connectivity index is 1.67. The van der Waals surface area contributed by atoms with Gasteiger partial charge in [0.1, 0.15) is 6.10 Å². The van der Waals surface area contributed by atoms with E-state index in [1.807, 2.05) is 66.7 Å². The SMILES string of the molecule is O=C1c2ccccc2S[C@H](c2ccccc2)[C@]12O[C@H]2c1ccccc1Cl. The van der Waals surface area contributed by atoms with E-state index in [0.717, 1.165) is 21.6 Å². The van der Waals surface area contributed by atoms with E-state index in [9.17, 15) is 4.79 Å². The Morgan fingerprint density at radius 1 is 0.885 bits per heavy atom. The largest absolute Gasteiger partial charge is 0.351 e. The van der Waals surface area contributed by atoms with Gasteiger partial charge in [-0.25, -0.2) is 0 Å². The van der Waals surface area contributed by atoms with Crippen LogP contribution in [-0.4, -0.2) is 11.4 Å². The summed E-state index contributed by atoms with van der Waals surface area (Å²) in [7, 11) is 0. The predicted octanol–water partition coefficient (Wildman–Crippen LogP) is 5.88. The fourth-order valence-electron chi connectivity index (χ4n) is 3.76. The van der Waals surface area contributed by atoms with Gasteiger partial charge in [-0.15, -0.1) is 11.8 Å². The van der Waals surface area contributed by atoms with Gasteiger partial charge in [-0.3, -0.25) is 4.79 Å². The molecule has 128 valence electrons. The lowest BCUT2D eigenvalue weighted by atomic mass is 9.85. The van der Waals surface area contributed by atoms with Crippen LogP contribution in [0.4, 0.5) is 0 Å². The monoisotopic (exact) mass is 378 g/mol. The molecule has 4 heteroatoms. The van der Waals surface area contributed by atoms with Crippen molar-refractivity contribution in [3.63, 3.8) is 0 Å². The number of benzene rings is 3. The van der Waals surface area contributed by atoms with Crippen molar-refractivity contribution >= 4 is 29.1 Å². The third-order valence-electron chi connectivity index (χ3n) is 5.06. The van der Waals surface area contributed by atoms with E-state index in [-0.39, 0.29) is 17.1 Å². The molecular weight excluding hydrogens is 364 g/mol. The quantitative estimate of drug-likeness (QED) is 0.521. The topological polar surface area (TPSA) is 29.6 Å². The molecule has 2 heterocycles. The highest BCUT2D eigenvalue weighted by molar-refractivity contribution is 7.99. The first-order valence-corrected chi connectivity index (χ1v) is 9.75. The van der Waals surface area contributed by atoms with Crippen molar-refractivity contribution in [1.29, 1.82) is 0 Å². The number of hydrogen-bond donors (Lipinski definition) is 0. The van der Waals surface area contributed by atoms with Gasteiger partial charge < -0.3 is 4.74 Å². The molecule has 26 heavy (non-hydrogen) atoms. The molecule has 2 aliphatic rings. The lowest BCUT2D eigenvalue weighted by Crippen LogP contribution is -2.35. The first kappa shape index (κ1) is 16.1. The highest BCUT2D eigenvalue weighted by atomic mass is 35.5. The molecule has 5 rings (SSSR count). The van der Waals surface area contributed by atoms with Crippen molar-refractivity contribution in [3.05, 3.63) is 101 Å². The van der Waals surface area contributed by atoms with Crippen LogP contribution in [0.3, 0.4) is 0 Å². The van der Waals surface area contributed by atoms with Crippen molar-refractivity contribution in [2.45, 2.75) is 21.9 Å². The van der Waals surface area contributed by atoms with Crippen LogP contribution in [0, 0.1) is 0 Å². The zero-order chi connectivity index (χ0) is 17.7. The van der Waals surface area contributed by atoms with Crippen molar-refractivity contribution in [2.75, 3.05) is 0 Å². The maximum absolute atomic E-state index is 13.5. The van der Waals surface area contributed by atoms with E-state index < -0.39 is 5.60 Å². The summed E-state index contributed by atoms with van der Waals surface area (Å²) in [5, 5.41) is 0.533. The van der Waals surface area contributed by atoms with Gasteiger partial charge in [-0.1, -0.05) is 78.3 Å². The number of carbonyl (C=O) groups is 1. The van der Waals surface area contributed by atoms with Gasteiger partial charge in [0.15, 0.2) is 11.4 Å². The van der Waals surface area contributed by atoms with Crippen LogP contribution in [0.1, 0.15) is 32.8 Å². The third-order valence-corrected chi connectivity index (χ3v) is 6.87. The Bertz CT molecular complexity index is 1000. The lowest BCUT2D eigenvalue weighted by Gasteiger charge is -2.30. The molecule has 0 unspecified atom stereocenters. The summed E-state index contributed by atoms with van der Waals surface area (Å²) in [4.78, 5) is 14.5. The molecule has 3 aromatic carbocycles. The van der Waals surface area contributed by atoms with Crippen LogP contribution >= 0.6 is 23.4 Å². The van der Waals surface area contributed by atoms with Crippen molar-refractivity contribution in [1.82, 2.24) is 0 Å². The number of ketones is 1. The van der Waals surface area contributed by atoms with E-state index in [1.54, 1.807) is 11.8 Å². The Morgan fingerprint density at radius 3 is 2.38 bits per heavy atom. The lowest BCUT2D eigenvalue weighted by molar-refractivity contribution is 0.0861. The minimum Gasteiger partial charge on any atom is -0.351 e. The van der Waals surface area contributed by atoms with Gasteiger partial charge in [0.05, 0.1) is 5.25 Å². The number of ether oxygens (including phenoxy) is 1. The first-order chi connectivity index (χ1) is 12.7. The second-order valence-corrected chi connectivity index (χ2v) is 8.10. The van der Waals surface area contributed by atoms with E-state index in [2.05, 4.69) is 12.1 Å². The Kier molecular flexibility index (Phi) is 3.71. The van der Waals surface area contributed by atoms with Gasteiger partial charge >= 0.3 is 0 Å². The molecule has 0 saturated carbocycles. The molecule has 2 nitrogen and oxygen atoms in total. The molecule has 3 atom stereocenters. The van der Waals surface area contributed by atoms with Gasteiger partial charge in [0.2, 0.25) is 0 Å². The summed E-state index contributed by atoms with van der Waals surface area (Å²) < 4.78 is 6.19. The molecular formula is C22H15ClO2S. The van der Waals surface area contributed by atoms with Gasteiger partial charge in [0.25, 0.3) is 0 Å². The summed E-state index contributed by atoms with van der Waals surface area (Å²) >= 11 is 8.10. The van der Waals surface area contributed by atoms with Crippen LogP contribution < -0.4 is 0 Å². The number of epoxide rings is 1. The fraction of sp³-hybridized carbons (Fsp3) is 0.136. The highest BCUT2D eigenvalue weighted by Crippen LogP contribution is 2.66. The third kappa shape index (κ3) is 2.28. The van der Waals surface area contributed by atoms with Crippen LogP contribution in [0.25, 0.3) is 0 Å². The number of hydrogen-bond acceptors (Lipinski definition) is 3. The normalized spacial score (nSPS) is 26.6. The number of halogens is 1. The molecule has 0 bridgehead atoms. The maximum atomic E-state index is 13.5. The molecule has 1 saturated heterocycles. The zero-order valence-corrected chi connectivity index (χ0v) is 15.3. The molecule has 3 aromatic rings. The molecule has 0 radical (unpaired) electrons. The van der Waals surface area contributed by atoms with E-state index >= 15 is 0 Å². The summed E-state index contributed by atoms with van der Waals surface area (Å²) in [5.41, 5.74) is 1.81. The molecule has 0 aromatic heterocycles. The average Bonchev–Trinajstić information content (AvgIpc) is 3.42. The summed E-state index contributed by atoms with van der Waals surface area (Å²) in [6, 6.07) is 25.5. The number of Topliss-reactive ketones (excluding diaryl/α,β-unsaturated/α-hetero) is 1. The van der Waals surface area contributed by atoms with Crippen molar-refractivity contribution in [3.8, 4) is 0 Å². The minimum absolute atomic E-state index is 0.0469. The smallest absolute Gasteiger partial charge is 0.200 e. The Labute approximate surface area is 161 Å². The standard InChI is InChI=1S/C22H15ClO2S/c23-17-12-6-4-10-15(17)20-22(25-20)19(24)16-11-5-7-13-18(16)26-21(22)14-8-2-1-3-9-14/h1-13,20-21H/t20-,21+,22-/m0/s1. The van der Waals surface area contributed by atoms with E-state index in [0.29, 0.717) is 5.02 Å². The van der Waals surface area contributed by atoms with Gasteiger partial charge in [-0.2, -0.15) is 0 Å². The maximum Gasteiger partial charge on any atom is 0.200 e. The summed E-state index contributed by atoms with van der Waals surface area (Å²) in [6.07, 6.45) is -0.324. The van der Waals surface area contributed by atoms with Crippen LogP contribution in [0.2, 0.25) is 5.02 Å². The second-order valence-electron chi connectivity index (χ2n) is 6.55. The van der Waals surface area contributed by atoms with Crippen LogP contribution in [0.5, 0.6) is 0 Å². The first-order valence-electron chi connectivity index (χ1n) is 8.49.